The molecule has 0 bridgehead atoms. The zero-order chi connectivity index (χ0) is 21.0. The SMILES string of the molecule is CN(C)c1cccc(C(=O)N2CCOC3(CCCCC3NCc3cccnc3)C2)c1. The van der Waals surface area contributed by atoms with E-state index in [0.717, 1.165) is 37.1 Å². The highest BCUT2D eigenvalue weighted by Crippen LogP contribution is 2.35. The van der Waals surface area contributed by atoms with Crippen molar-refractivity contribution in [2.45, 2.75) is 43.9 Å². The second-order valence-corrected chi connectivity index (χ2v) is 8.63. The summed E-state index contributed by atoms with van der Waals surface area (Å²) in [6.07, 6.45) is 8.08. The summed E-state index contributed by atoms with van der Waals surface area (Å²) in [4.78, 5) is 21.5. The molecule has 1 aliphatic heterocycles. The van der Waals surface area contributed by atoms with Crippen LogP contribution in [0.3, 0.4) is 0 Å². The van der Waals surface area contributed by atoms with Crippen LogP contribution in [0, 0.1) is 0 Å². The van der Waals surface area contributed by atoms with Crippen LogP contribution >= 0.6 is 0 Å². The van der Waals surface area contributed by atoms with Gasteiger partial charge in [-0.25, -0.2) is 0 Å². The summed E-state index contributed by atoms with van der Waals surface area (Å²) in [5, 5.41) is 3.71. The van der Waals surface area contributed by atoms with Crippen LogP contribution in [-0.2, 0) is 11.3 Å². The molecular weight excluding hydrogens is 376 g/mol. The Bertz CT molecular complexity index is 853. The fourth-order valence-corrected chi connectivity index (χ4v) is 4.68. The molecule has 160 valence electrons. The number of carbonyl (C=O) groups is 1. The molecule has 1 saturated carbocycles. The third-order valence-electron chi connectivity index (χ3n) is 6.36. The van der Waals surface area contributed by atoms with Gasteiger partial charge in [-0.15, -0.1) is 0 Å². The topological polar surface area (TPSA) is 57.7 Å². The van der Waals surface area contributed by atoms with Crippen molar-refractivity contribution in [3.8, 4) is 0 Å². The number of aromatic nitrogens is 1. The number of carbonyl (C=O) groups excluding carboxylic acids is 1. The molecule has 2 aromatic rings. The van der Waals surface area contributed by atoms with Gasteiger partial charge in [-0.2, -0.15) is 0 Å². The lowest BCUT2D eigenvalue weighted by atomic mass is 9.78. The van der Waals surface area contributed by atoms with Gasteiger partial charge in [0.15, 0.2) is 0 Å². The molecule has 2 heterocycles. The lowest BCUT2D eigenvalue weighted by Gasteiger charge is -2.49. The molecule has 6 nitrogen and oxygen atoms in total. The monoisotopic (exact) mass is 408 g/mol. The summed E-state index contributed by atoms with van der Waals surface area (Å²) in [7, 11) is 3.99. The summed E-state index contributed by atoms with van der Waals surface area (Å²) >= 11 is 0. The highest BCUT2D eigenvalue weighted by atomic mass is 16.5. The first-order valence-corrected chi connectivity index (χ1v) is 10.9. The molecule has 6 heteroatoms. The summed E-state index contributed by atoms with van der Waals surface area (Å²) in [6, 6.07) is 12.2. The molecule has 1 amide bonds. The zero-order valence-electron chi connectivity index (χ0n) is 18.0. The van der Waals surface area contributed by atoms with Crippen molar-refractivity contribution >= 4 is 11.6 Å². The standard InChI is InChI=1S/C24H32N4O2/c1-27(2)21-9-5-8-20(15-21)23(29)28-13-14-30-24(18-28)11-4-3-10-22(24)26-17-19-7-6-12-25-16-19/h5-9,12,15-16,22,26H,3-4,10-11,13-14,17-18H2,1-2H3. The highest BCUT2D eigenvalue weighted by Gasteiger charge is 2.46. The Kier molecular flexibility index (Phi) is 6.35. The molecule has 0 radical (unpaired) electrons. The maximum Gasteiger partial charge on any atom is 0.254 e. The van der Waals surface area contributed by atoms with Crippen LogP contribution in [0.1, 0.15) is 41.6 Å². The zero-order valence-corrected chi connectivity index (χ0v) is 18.0. The summed E-state index contributed by atoms with van der Waals surface area (Å²) in [6.45, 7) is 2.64. The van der Waals surface area contributed by atoms with Gasteiger partial charge in [-0.3, -0.25) is 9.78 Å². The number of benzene rings is 1. The largest absolute Gasteiger partial charge is 0.378 e. The predicted octanol–water partition coefficient (Wildman–Crippen LogP) is 3.09. The summed E-state index contributed by atoms with van der Waals surface area (Å²) < 4.78 is 6.41. The van der Waals surface area contributed by atoms with Crippen molar-refractivity contribution in [3.63, 3.8) is 0 Å². The lowest BCUT2D eigenvalue weighted by molar-refractivity contribution is -0.135. The van der Waals surface area contributed by atoms with Crippen molar-refractivity contribution in [2.24, 2.45) is 0 Å². The molecule has 1 aliphatic carbocycles. The Hall–Kier alpha value is -2.44. The summed E-state index contributed by atoms with van der Waals surface area (Å²) in [5.41, 5.74) is 2.64. The van der Waals surface area contributed by atoms with Crippen molar-refractivity contribution in [2.75, 3.05) is 38.7 Å². The number of nitrogens with zero attached hydrogens (tertiary/aromatic N) is 3. The van der Waals surface area contributed by atoms with E-state index in [9.17, 15) is 4.79 Å². The number of ether oxygens (including phenoxy) is 1. The first-order valence-electron chi connectivity index (χ1n) is 10.9. The summed E-state index contributed by atoms with van der Waals surface area (Å²) in [5.74, 6) is 0.0953. The number of amides is 1. The second kappa shape index (κ2) is 9.14. The number of anilines is 1. The van der Waals surface area contributed by atoms with Gasteiger partial charge in [-0.1, -0.05) is 25.0 Å². The second-order valence-electron chi connectivity index (χ2n) is 8.63. The van der Waals surface area contributed by atoms with E-state index >= 15 is 0 Å². The number of nitrogens with one attached hydrogen (secondary N) is 1. The van der Waals surface area contributed by atoms with Crippen molar-refractivity contribution in [1.29, 1.82) is 0 Å². The number of rotatable bonds is 5. The van der Waals surface area contributed by atoms with E-state index in [1.165, 1.54) is 12.0 Å². The van der Waals surface area contributed by atoms with E-state index in [-0.39, 0.29) is 17.6 Å². The maximum absolute atomic E-state index is 13.3. The van der Waals surface area contributed by atoms with Gasteiger partial charge in [0, 0.05) is 56.9 Å². The third kappa shape index (κ3) is 4.50. The van der Waals surface area contributed by atoms with Gasteiger partial charge in [-0.05, 0) is 42.7 Å². The molecule has 1 aromatic heterocycles. The van der Waals surface area contributed by atoms with Crippen molar-refractivity contribution < 1.29 is 9.53 Å². The molecular formula is C24H32N4O2. The van der Waals surface area contributed by atoms with E-state index in [0.29, 0.717) is 19.7 Å². The highest BCUT2D eigenvalue weighted by molar-refractivity contribution is 5.95. The Morgan fingerprint density at radius 1 is 1.30 bits per heavy atom. The molecule has 2 fully saturated rings. The average molecular weight is 409 g/mol. The van der Waals surface area contributed by atoms with Gasteiger partial charge < -0.3 is 19.9 Å². The normalized spacial score (nSPS) is 24.1. The maximum atomic E-state index is 13.3. The van der Waals surface area contributed by atoms with Crippen LogP contribution < -0.4 is 10.2 Å². The first kappa shape index (κ1) is 20.8. The Morgan fingerprint density at radius 2 is 2.20 bits per heavy atom. The third-order valence-corrected chi connectivity index (χ3v) is 6.36. The molecule has 2 aliphatic rings. The van der Waals surface area contributed by atoms with Gasteiger partial charge in [0.1, 0.15) is 5.60 Å². The van der Waals surface area contributed by atoms with E-state index in [1.54, 1.807) is 6.20 Å². The van der Waals surface area contributed by atoms with Crippen LogP contribution in [0.2, 0.25) is 0 Å². The molecule has 1 aromatic carbocycles. The van der Waals surface area contributed by atoms with E-state index in [4.69, 9.17) is 4.74 Å². The van der Waals surface area contributed by atoms with Crippen molar-refractivity contribution in [1.82, 2.24) is 15.2 Å². The molecule has 2 atom stereocenters. The minimum atomic E-state index is -0.312. The van der Waals surface area contributed by atoms with Crippen LogP contribution in [0.4, 0.5) is 5.69 Å². The van der Waals surface area contributed by atoms with Crippen LogP contribution in [0.25, 0.3) is 0 Å². The molecule has 4 rings (SSSR count). The Balaban J connectivity index is 1.48. The van der Waals surface area contributed by atoms with Gasteiger partial charge in [0.05, 0.1) is 13.2 Å². The fourth-order valence-electron chi connectivity index (χ4n) is 4.68. The van der Waals surface area contributed by atoms with Crippen molar-refractivity contribution in [3.05, 3.63) is 59.9 Å². The minimum absolute atomic E-state index is 0.0953. The Labute approximate surface area is 179 Å². The van der Waals surface area contributed by atoms with Crippen LogP contribution in [0.5, 0.6) is 0 Å². The number of morpholine rings is 1. The van der Waals surface area contributed by atoms with Gasteiger partial charge >= 0.3 is 0 Å². The number of pyridine rings is 1. The number of hydrogen-bond donors (Lipinski definition) is 1. The first-order chi connectivity index (χ1) is 14.6. The average Bonchev–Trinajstić information content (AvgIpc) is 2.79. The van der Waals surface area contributed by atoms with Crippen LogP contribution in [0.15, 0.2) is 48.8 Å². The number of hydrogen-bond acceptors (Lipinski definition) is 5. The van der Waals surface area contributed by atoms with E-state index in [2.05, 4.69) is 16.4 Å². The van der Waals surface area contributed by atoms with Crippen LogP contribution in [-0.4, -0.2) is 61.2 Å². The lowest BCUT2D eigenvalue weighted by Crippen LogP contribution is -2.64. The molecule has 1 spiro atoms. The quantitative estimate of drug-likeness (QED) is 0.824. The predicted molar refractivity (Wildman–Crippen MR) is 119 cm³/mol. The molecule has 1 saturated heterocycles. The molecule has 1 N–H and O–H groups in total. The van der Waals surface area contributed by atoms with Gasteiger partial charge in [0.25, 0.3) is 5.91 Å². The Morgan fingerprint density at radius 3 is 3.00 bits per heavy atom. The molecule has 2 unspecified atom stereocenters. The van der Waals surface area contributed by atoms with Gasteiger partial charge in [0.2, 0.25) is 0 Å². The van der Waals surface area contributed by atoms with E-state index in [1.807, 2.05) is 60.4 Å². The molecule has 30 heavy (non-hydrogen) atoms. The van der Waals surface area contributed by atoms with E-state index < -0.39 is 0 Å². The fraction of sp³-hybridized carbons (Fsp3) is 0.500. The minimum Gasteiger partial charge on any atom is -0.378 e. The smallest absolute Gasteiger partial charge is 0.254 e.